The smallest absolute Gasteiger partial charge is 0.122 e. The van der Waals surface area contributed by atoms with E-state index in [0.29, 0.717) is 0 Å². The molecule has 0 fully saturated rings. The molecule has 0 saturated heterocycles. The number of rotatable bonds is 2. The number of methoxy groups -OCH3 is 1. The first-order chi connectivity index (χ1) is 6.07. The van der Waals surface area contributed by atoms with E-state index in [2.05, 4.69) is 12.6 Å². The molecule has 1 aromatic carbocycles. The molecular formula is C10H15NOS. The van der Waals surface area contributed by atoms with Crippen LogP contribution in [-0.4, -0.2) is 7.11 Å². The fraction of sp³-hybridized carbons (Fsp3) is 0.400. The lowest BCUT2D eigenvalue weighted by Gasteiger charge is -2.14. The third-order valence-electron chi connectivity index (χ3n) is 2.32. The fourth-order valence-corrected chi connectivity index (χ4v) is 1.64. The standard InChI is InChI=1S/C10H15NOS/c1-6-7(2)9(12-3)5-4-8(6)10(11)13/h4-5,10,13H,11H2,1-3H3. The quantitative estimate of drug-likeness (QED) is 0.563. The number of benzene rings is 1. The van der Waals surface area contributed by atoms with E-state index in [1.54, 1.807) is 7.11 Å². The van der Waals surface area contributed by atoms with Gasteiger partial charge in [-0.3, -0.25) is 0 Å². The highest BCUT2D eigenvalue weighted by atomic mass is 32.1. The second-order valence-electron chi connectivity index (χ2n) is 3.05. The second-order valence-corrected chi connectivity index (χ2v) is 3.61. The SMILES string of the molecule is COc1ccc(C(N)S)c(C)c1C. The molecule has 0 amide bonds. The largest absolute Gasteiger partial charge is 0.496 e. The van der Waals surface area contributed by atoms with E-state index >= 15 is 0 Å². The Morgan fingerprint density at radius 2 is 1.92 bits per heavy atom. The fourth-order valence-electron chi connectivity index (χ4n) is 1.36. The molecule has 0 bridgehead atoms. The molecule has 0 radical (unpaired) electrons. The number of nitrogens with two attached hydrogens (primary N) is 1. The molecule has 1 unspecified atom stereocenters. The molecule has 1 atom stereocenters. The van der Waals surface area contributed by atoms with Crippen LogP contribution in [0.25, 0.3) is 0 Å². The summed E-state index contributed by atoms with van der Waals surface area (Å²) in [6.07, 6.45) is 0. The Morgan fingerprint density at radius 1 is 1.31 bits per heavy atom. The number of ether oxygens (including phenoxy) is 1. The number of thiol groups is 1. The van der Waals surface area contributed by atoms with E-state index in [9.17, 15) is 0 Å². The van der Waals surface area contributed by atoms with Crippen LogP contribution >= 0.6 is 12.6 Å². The van der Waals surface area contributed by atoms with Crippen LogP contribution in [0.5, 0.6) is 5.75 Å². The summed E-state index contributed by atoms with van der Waals surface area (Å²) in [6.45, 7) is 4.05. The van der Waals surface area contributed by atoms with E-state index in [-0.39, 0.29) is 5.37 Å². The second kappa shape index (κ2) is 4.03. The van der Waals surface area contributed by atoms with E-state index in [1.165, 1.54) is 0 Å². The average molecular weight is 197 g/mol. The van der Waals surface area contributed by atoms with Crippen molar-refractivity contribution in [2.24, 2.45) is 5.73 Å². The van der Waals surface area contributed by atoms with Gasteiger partial charge < -0.3 is 10.5 Å². The van der Waals surface area contributed by atoms with Gasteiger partial charge in [0.2, 0.25) is 0 Å². The molecule has 0 saturated carbocycles. The first-order valence-electron chi connectivity index (χ1n) is 4.15. The minimum atomic E-state index is -0.218. The van der Waals surface area contributed by atoms with Crippen LogP contribution in [0.4, 0.5) is 0 Å². The van der Waals surface area contributed by atoms with E-state index in [4.69, 9.17) is 10.5 Å². The van der Waals surface area contributed by atoms with Crippen LogP contribution in [0.1, 0.15) is 22.1 Å². The van der Waals surface area contributed by atoms with Gasteiger partial charge in [-0.05, 0) is 36.6 Å². The lowest BCUT2D eigenvalue weighted by molar-refractivity contribution is 0.411. The molecule has 13 heavy (non-hydrogen) atoms. The van der Waals surface area contributed by atoms with Gasteiger partial charge in [0, 0.05) is 0 Å². The molecular weight excluding hydrogens is 182 g/mol. The summed E-state index contributed by atoms with van der Waals surface area (Å²) in [5.41, 5.74) is 9.04. The summed E-state index contributed by atoms with van der Waals surface area (Å²) < 4.78 is 5.19. The predicted molar refractivity (Wildman–Crippen MR) is 58.4 cm³/mol. The van der Waals surface area contributed by atoms with Gasteiger partial charge in [-0.25, -0.2) is 0 Å². The van der Waals surface area contributed by atoms with Gasteiger partial charge in [0.1, 0.15) is 5.75 Å². The minimum absolute atomic E-state index is 0.218. The van der Waals surface area contributed by atoms with Crippen LogP contribution in [-0.2, 0) is 0 Å². The number of hydrogen-bond donors (Lipinski definition) is 2. The Bertz CT molecular complexity index is 310. The molecule has 0 aromatic heterocycles. The minimum Gasteiger partial charge on any atom is -0.496 e. The van der Waals surface area contributed by atoms with Crippen molar-refractivity contribution in [3.8, 4) is 5.75 Å². The van der Waals surface area contributed by atoms with Crippen molar-refractivity contribution in [3.63, 3.8) is 0 Å². The zero-order valence-electron chi connectivity index (χ0n) is 8.16. The Morgan fingerprint density at radius 3 is 2.38 bits per heavy atom. The van der Waals surface area contributed by atoms with Gasteiger partial charge in [-0.15, -0.1) is 0 Å². The third kappa shape index (κ3) is 1.98. The molecule has 0 heterocycles. The van der Waals surface area contributed by atoms with Crippen molar-refractivity contribution in [1.82, 2.24) is 0 Å². The molecule has 2 nitrogen and oxygen atoms in total. The summed E-state index contributed by atoms with van der Waals surface area (Å²) in [5.74, 6) is 0.898. The monoisotopic (exact) mass is 197 g/mol. The summed E-state index contributed by atoms with van der Waals surface area (Å²) in [5, 5.41) is -0.218. The first kappa shape index (κ1) is 10.4. The Hall–Kier alpha value is -0.670. The van der Waals surface area contributed by atoms with Crippen LogP contribution in [0.15, 0.2) is 12.1 Å². The van der Waals surface area contributed by atoms with Crippen LogP contribution in [0, 0.1) is 13.8 Å². The van der Waals surface area contributed by atoms with Gasteiger partial charge in [0.15, 0.2) is 0 Å². The molecule has 0 aliphatic carbocycles. The summed E-state index contributed by atoms with van der Waals surface area (Å²) >= 11 is 4.21. The van der Waals surface area contributed by atoms with E-state index in [1.807, 2.05) is 26.0 Å². The molecule has 0 aliphatic heterocycles. The van der Waals surface area contributed by atoms with Gasteiger partial charge >= 0.3 is 0 Å². The zero-order chi connectivity index (χ0) is 10.0. The van der Waals surface area contributed by atoms with E-state index < -0.39 is 0 Å². The Balaban J connectivity index is 3.23. The van der Waals surface area contributed by atoms with Crippen molar-refractivity contribution < 1.29 is 4.74 Å². The highest BCUT2D eigenvalue weighted by molar-refractivity contribution is 7.80. The highest BCUT2D eigenvalue weighted by Gasteiger charge is 2.09. The molecule has 0 aliphatic rings. The molecule has 1 rings (SSSR count). The normalized spacial score (nSPS) is 12.7. The lowest BCUT2D eigenvalue weighted by Crippen LogP contribution is -2.05. The average Bonchev–Trinajstić information content (AvgIpc) is 2.09. The summed E-state index contributed by atoms with van der Waals surface area (Å²) in [4.78, 5) is 0. The van der Waals surface area contributed by atoms with Crippen molar-refractivity contribution in [1.29, 1.82) is 0 Å². The highest BCUT2D eigenvalue weighted by Crippen LogP contribution is 2.27. The van der Waals surface area contributed by atoms with Gasteiger partial charge in [0.25, 0.3) is 0 Å². The Kier molecular flexibility index (Phi) is 3.22. The van der Waals surface area contributed by atoms with Crippen molar-refractivity contribution in [2.75, 3.05) is 7.11 Å². The maximum absolute atomic E-state index is 5.70. The topological polar surface area (TPSA) is 35.2 Å². The molecule has 1 aromatic rings. The van der Waals surface area contributed by atoms with Gasteiger partial charge in [0.05, 0.1) is 12.5 Å². The molecule has 2 N–H and O–H groups in total. The van der Waals surface area contributed by atoms with Crippen LogP contribution in [0.3, 0.4) is 0 Å². The predicted octanol–water partition coefficient (Wildman–Crippen LogP) is 2.20. The summed E-state index contributed by atoms with van der Waals surface area (Å²) in [7, 11) is 1.67. The molecule has 3 heteroatoms. The molecule has 0 spiro atoms. The van der Waals surface area contributed by atoms with Gasteiger partial charge in [-0.2, -0.15) is 12.6 Å². The van der Waals surface area contributed by atoms with Crippen LogP contribution < -0.4 is 10.5 Å². The maximum atomic E-state index is 5.70. The first-order valence-corrected chi connectivity index (χ1v) is 4.67. The number of hydrogen-bond acceptors (Lipinski definition) is 3. The van der Waals surface area contributed by atoms with Crippen molar-refractivity contribution >= 4 is 12.6 Å². The Labute approximate surface area is 84.5 Å². The van der Waals surface area contributed by atoms with Crippen LogP contribution in [0.2, 0.25) is 0 Å². The van der Waals surface area contributed by atoms with Crippen molar-refractivity contribution in [2.45, 2.75) is 19.2 Å². The molecule has 72 valence electrons. The van der Waals surface area contributed by atoms with Crippen molar-refractivity contribution in [3.05, 3.63) is 28.8 Å². The van der Waals surface area contributed by atoms with E-state index in [0.717, 1.165) is 22.4 Å². The summed E-state index contributed by atoms with van der Waals surface area (Å²) in [6, 6.07) is 3.88. The van der Waals surface area contributed by atoms with Gasteiger partial charge in [-0.1, -0.05) is 6.07 Å². The maximum Gasteiger partial charge on any atom is 0.122 e. The third-order valence-corrected chi connectivity index (χ3v) is 2.60. The lowest BCUT2D eigenvalue weighted by atomic mass is 10.0. The zero-order valence-corrected chi connectivity index (χ0v) is 9.06.